The van der Waals surface area contributed by atoms with Gasteiger partial charge in [0, 0.05) is 6.07 Å². The lowest BCUT2D eigenvalue weighted by Gasteiger charge is -2.11. The lowest BCUT2D eigenvalue weighted by atomic mass is 10.1. The molecule has 108 valence electrons. The van der Waals surface area contributed by atoms with Crippen molar-refractivity contribution in [3.05, 3.63) is 62.1 Å². The van der Waals surface area contributed by atoms with Crippen LogP contribution < -0.4 is 4.74 Å². The van der Waals surface area contributed by atoms with E-state index in [1.807, 2.05) is 0 Å². The molecule has 6 nitrogen and oxygen atoms in total. The molecule has 2 aromatic carbocycles. The highest BCUT2D eigenvalue weighted by Gasteiger charge is 2.17. The van der Waals surface area contributed by atoms with Crippen LogP contribution in [0, 0.1) is 17.0 Å². The Morgan fingerprint density at radius 1 is 1.29 bits per heavy atom. The van der Waals surface area contributed by atoms with Gasteiger partial charge in [-0.2, -0.15) is 0 Å². The second-order valence-corrected chi connectivity index (χ2v) is 5.03. The minimum Gasteiger partial charge on any atom is -0.478 e. The van der Waals surface area contributed by atoms with Gasteiger partial charge in [-0.15, -0.1) is 0 Å². The summed E-state index contributed by atoms with van der Waals surface area (Å²) in [6, 6.07) is 8.86. The molecule has 7 heteroatoms. The van der Waals surface area contributed by atoms with Crippen LogP contribution in [0.4, 0.5) is 5.69 Å². The molecule has 0 amide bonds. The smallest absolute Gasteiger partial charge is 0.335 e. The van der Waals surface area contributed by atoms with Gasteiger partial charge in [-0.1, -0.05) is 12.1 Å². The van der Waals surface area contributed by atoms with Crippen LogP contribution in [0.2, 0.25) is 0 Å². The summed E-state index contributed by atoms with van der Waals surface area (Å²) in [5.74, 6) is -0.496. The van der Waals surface area contributed by atoms with Crippen molar-refractivity contribution < 1.29 is 19.6 Å². The third-order valence-electron chi connectivity index (χ3n) is 2.79. The highest BCUT2D eigenvalue weighted by molar-refractivity contribution is 9.10. The summed E-state index contributed by atoms with van der Waals surface area (Å²) in [6.45, 7) is 1.76. The molecule has 0 saturated carbocycles. The third kappa shape index (κ3) is 3.19. The predicted molar refractivity (Wildman–Crippen MR) is 79.0 cm³/mol. The molecule has 0 bridgehead atoms. The maximum atomic E-state index is 11.0. The average molecular weight is 352 g/mol. The highest BCUT2D eigenvalue weighted by atomic mass is 79.9. The largest absolute Gasteiger partial charge is 0.478 e. The number of halogens is 1. The maximum Gasteiger partial charge on any atom is 0.335 e. The molecule has 0 radical (unpaired) electrons. The minimum atomic E-state index is -1.07. The minimum absolute atomic E-state index is 0.0807. The number of hydrogen-bond donors (Lipinski definition) is 1. The Hall–Kier alpha value is -2.41. The Kier molecular flexibility index (Phi) is 4.23. The standard InChI is InChI=1S/C14H10BrNO5/c1-8-5-6-9(14(17)18)7-12(8)21-11-4-2-3-10(13(11)15)16(19)20/h2-7H,1H3,(H,17,18). The second kappa shape index (κ2) is 5.92. The van der Waals surface area contributed by atoms with Crippen molar-refractivity contribution in [3.63, 3.8) is 0 Å². The molecule has 0 aromatic heterocycles. The van der Waals surface area contributed by atoms with Crippen LogP contribution in [0.15, 0.2) is 40.9 Å². The van der Waals surface area contributed by atoms with E-state index in [9.17, 15) is 14.9 Å². The van der Waals surface area contributed by atoms with Crippen LogP contribution in [0.25, 0.3) is 0 Å². The topological polar surface area (TPSA) is 89.7 Å². The molecular weight excluding hydrogens is 342 g/mol. The molecule has 21 heavy (non-hydrogen) atoms. The van der Waals surface area contributed by atoms with Crippen LogP contribution in [0.1, 0.15) is 15.9 Å². The molecule has 0 atom stereocenters. The summed E-state index contributed by atoms with van der Waals surface area (Å²) >= 11 is 3.13. The number of ether oxygens (including phenoxy) is 1. The molecule has 0 aliphatic rings. The monoisotopic (exact) mass is 351 g/mol. The van der Waals surface area contributed by atoms with Crippen molar-refractivity contribution in [1.29, 1.82) is 0 Å². The van der Waals surface area contributed by atoms with E-state index in [0.717, 1.165) is 5.56 Å². The normalized spacial score (nSPS) is 10.2. The fourth-order valence-electron chi connectivity index (χ4n) is 1.68. The SMILES string of the molecule is Cc1ccc(C(=O)O)cc1Oc1cccc([N+](=O)[O-])c1Br. The predicted octanol–water partition coefficient (Wildman–Crippen LogP) is 4.16. The molecular formula is C14H10BrNO5. The number of rotatable bonds is 4. The van der Waals surface area contributed by atoms with Gasteiger partial charge < -0.3 is 9.84 Å². The van der Waals surface area contributed by atoms with Crippen LogP contribution in [-0.4, -0.2) is 16.0 Å². The fraction of sp³-hybridized carbons (Fsp3) is 0.0714. The molecule has 0 spiro atoms. The third-order valence-corrected chi connectivity index (χ3v) is 3.59. The first kappa shape index (κ1) is 15.0. The van der Waals surface area contributed by atoms with Crippen molar-refractivity contribution in [2.24, 2.45) is 0 Å². The number of aryl methyl sites for hydroxylation is 1. The van der Waals surface area contributed by atoms with Crippen molar-refractivity contribution in [2.75, 3.05) is 0 Å². The molecule has 0 aliphatic heterocycles. The number of nitro benzene ring substituents is 1. The van der Waals surface area contributed by atoms with E-state index < -0.39 is 10.9 Å². The summed E-state index contributed by atoms with van der Waals surface area (Å²) in [5, 5.41) is 19.9. The van der Waals surface area contributed by atoms with Crippen molar-refractivity contribution in [3.8, 4) is 11.5 Å². The van der Waals surface area contributed by atoms with E-state index in [1.54, 1.807) is 19.1 Å². The van der Waals surface area contributed by atoms with Gasteiger partial charge in [0.05, 0.1) is 10.5 Å². The van der Waals surface area contributed by atoms with E-state index in [1.165, 1.54) is 24.3 Å². The summed E-state index contributed by atoms with van der Waals surface area (Å²) in [6.07, 6.45) is 0. The van der Waals surface area contributed by atoms with E-state index >= 15 is 0 Å². The fourth-order valence-corrected chi connectivity index (χ4v) is 2.17. The zero-order valence-electron chi connectivity index (χ0n) is 10.9. The molecule has 0 saturated heterocycles. The number of carboxylic acids is 1. The molecule has 0 heterocycles. The Balaban J connectivity index is 2.43. The molecule has 1 N–H and O–H groups in total. The first-order chi connectivity index (χ1) is 9.90. The lowest BCUT2D eigenvalue weighted by Crippen LogP contribution is -1.98. The Morgan fingerprint density at radius 3 is 2.62 bits per heavy atom. The first-order valence-electron chi connectivity index (χ1n) is 5.85. The van der Waals surface area contributed by atoms with Crippen LogP contribution >= 0.6 is 15.9 Å². The molecule has 0 unspecified atom stereocenters. The summed E-state index contributed by atoms with van der Waals surface area (Å²) in [4.78, 5) is 21.3. The lowest BCUT2D eigenvalue weighted by molar-refractivity contribution is -0.385. The zero-order valence-corrected chi connectivity index (χ0v) is 12.5. The molecule has 0 aliphatic carbocycles. The maximum absolute atomic E-state index is 11.0. The van der Waals surface area contributed by atoms with E-state index in [0.29, 0.717) is 5.75 Å². The first-order valence-corrected chi connectivity index (χ1v) is 6.64. The zero-order chi connectivity index (χ0) is 15.6. The van der Waals surface area contributed by atoms with E-state index in [-0.39, 0.29) is 21.5 Å². The van der Waals surface area contributed by atoms with Crippen LogP contribution in [0.3, 0.4) is 0 Å². The highest BCUT2D eigenvalue weighted by Crippen LogP contribution is 2.37. The number of hydrogen-bond acceptors (Lipinski definition) is 4. The van der Waals surface area contributed by atoms with Gasteiger partial charge in [0.2, 0.25) is 0 Å². The quantitative estimate of drug-likeness (QED) is 0.659. The number of nitrogens with zero attached hydrogens (tertiary/aromatic N) is 1. The molecule has 0 fully saturated rings. The van der Waals surface area contributed by atoms with Gasteiger partial charge in [0.1, 0.15) is 16.0 Å². The van der Waals surface area contributed by atoms with Crippen molar-refractivity contribution >= 4 is 27.6 Å². The van der Waals surface area contributed by atoms with E-state index in [2.05, 4.69) is 15.9 Å². The Labute approximate surface area is 128 Å². The van der Waals surface area contributed by atoms with Gasteiger partial charge in [0.25, 0.3) is 5.69 Å². The van der Waals surface area contributed by atoms with Gasteiger partial charge in [-0.25, -0.2) is 4.79 Å². The number of nitro groups is 1. The van der Waals surface area contributed by atoms with Crippen molar-refractivity contribution in [2.45, 2.75) is 6.92 Å². The van der Waals surface area contributed by atoms with Gasteiger partial charge in [-0.05, 0) is 46.6 Å². The van der Waals surface area contributed by atoms with Gasteiger partial charge >= 0.3 is 5.97 Å². The van der Waals surface area contributed by atoms with E-state index in [4.69, 9.17) is 9.84 Å². The Bertz CT molecular complexity index is 729. The number of carboxylic acid groups (broad SMARTS) is 1. The number of benzene rings is 2. The van der Waals surface area contributed by atoms with Gasteiger partial charge in [0.15, 0.2) is 0 Å². The number of aromatic carboxylic acids is 1. The summed E-state index contributed by atoms with van der Waals surface area (Å²) < 4.78 is 5.81. The number of carbonyl (C=O) groups is 1. The molecule has 2 aromatic rings. The Morgan fingerprint density at radius 2 is 2.00 bits per heavy atom. The van der Waals surface area contributed by atoms with Crippen LogP contribution in [0.5, 0.6) is 11.5 Å². The van der Waals surface area contributed by atoms with Crippen LogP contribution in [-0.2, 0) is 0 Å². The van der Waals surface area contributed by atoms with Gasteiger partial charge in [-0.3, -0.25) is 10.1 Å². The second-order valence-electron chi connectivity index (χ2n) is 4.23. The summed E-state index contributed by atoms with van der Waals surface area (Å²) in [5.41, 5.74) is 0.676. The summed E-state index contributed by atoms with van der Waals surface area (Å²) in [7, 11) is 0. The van der Waals surface area contributed by atoms with Crippen molar-refractivity contribution in [1.82, 2.24) is 0 Å². The average Bonchev–Trinajstić information content (AvgIpc) is 2.42. The molecule has 2 rings (SSSR count).